The van der Waals surface area contributed by atoms with Crippen molar-refractivity contribution in [2.24, 2.45) is 0 Å². The number of hydrogen-bond acceptors (Lipinski definition) is 2. The molecule has 2 nitrogen and oxygen atoms in total. The summed E-state index contributed by atoms with van der Waals surface area (Å²) in [5, 5.41) is 0. The number of aromatic nitrogens is 1. The molecular formula is C7H4BrF5N2. The van der Waals surface area contributed by atoms with E-state index in [9.17, 15) is 22.0 Å². The molecule has 8 heteroatoms. The molecule has 0 saturated carbocycles. The Morgan fingerprint density at radius 3 is 2.27 bits per heavy atom. The van der Waals surface area contributed by atoms with Crippen molar-refractivity contribution in [3.63, 3.8) is 0 Å². The number of anilines is 1. The van der Waals surface area contributed by atoms with Gasteiger partial charge in [0.05, 0.1) is 0 Å². The van der Waals surface area contributed by atoms with E-state index in [4.69, 9.17) is 5.73 Å². The van der Waals surface area contributed by atoms with Gasteiger partial charge in [0.1, 0.15) is 16.0 Å². The molecule has 0 amide bonds. The first-order valence-electron chi connectivity index (χ1n) is 3.54. The van der Waals surface area contributed by atoms with Gasteiger partial charge < -0.3 is 5.73 Å². The van der Waals surface area contributed by atoms with Crippen LogP contribution in [0.2, 0.25) is 0 Å². The van der Waals surface area contributed by atoms with Gasteiger partial charge >= 0.3 is 6.18 Å². The summed E-state index contributed by atoms with van der Waals surface area (Å²) in [7, 11) is 0. The fraction of sp³-hybridized carbons (Fsp3) is 0.286. The van der Waals surface area contributed by atoms with Crippen LogP contribution in [0.1, 0.15) is 17.6 Å². The predicted molar refractivity (Wildman–Crippen MR) is 46.3 cm³/mol. The Balaban J connectivity index is 3.48. The van der Waals surface area contributed by atoms with Crippen molar-refractivity contribution in [2.45, 2.75) is 12.6 Å². The second kappa shape index (κ2) is 3.92. The van der Waals surface area contributed by atoms with Crippen molar-refractivity contribution in [3.8, 4) is 0 Å². The minimum atomic E-state index is -4.94. The number of nitrogen functional groups attached to an aromatic ring is 1. The van der Waals surface area contributed by atoms with Crippen LogP contribution >= 0.6 is 15.9 Å². The minimum Gasteiger partial charge on any atom is -0.383 e. The average Bonchev–Trinajstić information content (AvgIpc) is 1.99. The highest BCUT2D eigenvalue weighted by Crippen LogP contribution is 2.40. The fourth-order valence-corrected chi connectivity index (χ4v) is 1.47. The Morgan fingerprint density at radius 2 is 1.87 bits per heavy atom. The molecule has 0 spiro atoms. The molecular weight excluding hydrogens is 287 g/mol. The molecule has 15 heavy (non-hydrogen) atoms. The smallest absolute Gasteiger partial charge is 0.383 e. The van der Waals surface area contributed by atoms with E-state index in [0.717, 1.165) is 0 Å². The summed E-state index contributed by atoms with van der Waals surface area (Å²) < 4.78 is 61.5. The maximum absolute atomic E-state index is 12.3. The number of nitrogens with zero attached hydrogens (tertiary/aromatic N) is 1. The van der Waals surface area contributed by atoms with Gasteiger partial charge in [0.2, 0.25) is 0 Å². The molecule has 1 aromatic heterocycles. The van der Waals surface area contributed by atoms with Crippen LogP contribution in [0.25, 0.3) is 0 Å². The van der Waals surface area contributed by atoms with E-state index in [1.165, 1.54) is 0 Å². The van der Waals surface area contributed by atoms with E-state index in [-0.39, 0.29) is 4.60 Å². The molecule has 1 heterocycles. The van der Waals surface area contributed by atoms with Gasteiger partial charge in [-0.1, -0.05) is 0 Å². The number of pyridine rings is 1. The number of alkyl halides is 5. The third kappa shape index (κ3) is 2.55. The quantitative estimate of drug-likeness (QED) is 0.636. The van der Waals surface area contributed by atoms with E-state index >= 15 is 0 Å². The van der Waals surface area contributed by atoms with Crippen molar-refractivity contribution < 1.29 is 22.0 Å². The van der Waals surface area contributed by atoms with Gasteiger partial charge in [-0.05, 0) is 22.0 Å². The Bertz CT molecular complexity index is 376. The SMILES string of the molecule is Nc1nc(Br)cc(C(F)F)c1C(F)(F)F. The third-order valence-corrected chi connectivity index (χ3v) is 1.97. The Kier molecular flexibility index (Phi) is 3.17. The van der Waals surface area contributed by atoms with Gasteiger partial charge in [0.15, 0.2) is 0 Å². The van der Waals surface area contributed by atoms with Gasteiger partial charge in [-0.25, -0.2) is 13.8 Å². The van der Waals surface area contributed by atoms with Gasteiger partial charge in [-0.2, -0.15) is 13.2 Å². The maximum atomic E-state index is 12.3. The number of halogens is 6. The van der Waals surface area contributed by atoms with Crippen LogP contribution in [-0.2, 0) is 6.18 Å². The number of rotatable bonds is 1. The van der Waals surface area contributed by atoms with Crippen LogP contribution in [0, 0.1) is 0 Å². The highest BCUT2D eigenvalue weighted by atomic mass is 79.9. The van der Waals surface area contributed by atoms with Crippen LogP contribution in [0.3, 0.4) is 0 Å². The molecule has 1 aromatic rings. The molecule has 0 aliphatic rings. The average molecular weight is 291 g/mol. The molecule has 0 aliphatic heterocycles. The lowest BCUT2D eigenvalue weighted by Gasteiger charge is -2.14. The molecule has 0 unspecified atom stereocenters. The summed E-state index contributed by atoms with van der Waals surface area (Å²) in [5.74, 6) is -0.966. The first-order chi connectivity index (χ1) is 6.73. The predicted octanol–water partition coefficient (Wildman–Crippen LogP) is 3.38. The van der Waals surface area contributed by atoms with Crippen LogP contribution in [0.15, 0.2) is 10.7 Å². The van der Waals surface area contributed by atoms with Gasteiger partial charge in [0.25, 0.3) is 6.43 Å². The van der Waals surface area contributed by atoms with Crippen molar-refractivity contribution in [1.29, 1.82) is 0 Å². The van der Waals surface area contributed by atoms with E-state index in [1.807, 2.05) is 0 Å². The zero-order chi connectivity index (χ0) is 11.8. The van der Waals surface area contributed by atoms with Gasteiger partial charge in [-0.3, -0.25) is 0 Å². The second-order valence-electron chi connectivity index (χ2n) is 2.59. The number of hydrogen-bond donors (Lipinski definition) is 1. The molecule has 0 radical (unpaired) electrons. The lowest BCUT2D eigenvalue weighted by atomic mass is 10.1. The molecule has 0 aromatic carbocycles. The molecule has 0 fully saturated rings. The van der Waals surface area contributed by atoms with Crippen LogP contribution in [-0.4, -0.2) is 4.98 Å². The minimum absolute atomic E-state index is 0.164. The van der Waals surface area contributed by atoms with Crippen LogP contribution in [0.4, 0.5) is 27.8 Å². The first kappa shape index (κ1) is 12.2. The monoisotopic (exact) mass is 290 g/mol. The van der Waals surface area contributed by atoms with Gasteiger partial charge in [-0.15, -0.1) is 0 Å². The largest absolute Gasteiger partial charge is 0.420 e. The summed E-state index contributed by atoms with van der Waals surface area (Å²) in [6, 6.07) is 0.601. The van der Waals surface area contributed by atoms with E-state index in [1.54, 1.807) is 0 Å². The second-order valence-corrected chi connectivity index (χ2v) is 3.41. The fourth-order valence-electron chi connectivity index (χ4n) is 1.03. The molecule has 2 N–H and O–H groups in total. The third-order valence-electron chi connectivity index (χ3n) is 1.57. The standard InChI is InChI=1S/C7H4BrF5N2/c8-3-1-2(5(9)10)4(6(14)15-3)7(11,12)13/h1,5H,(H2,14,15). The zero-order valence-electron chi connectivity index (χ0n) is 6.95. The van der Waals surface area contributed by atoms with Crippen LogP contribution < -0.4 is 5.73 Å². The lowest BCUT2D eigenvalue weighted by molar-refractivity contribution is -0.139. The van der Waals surface area contributed by atoms with E-state index in [2.05, 4.69) is 20.9 Å². The first-order valence-corrected chi connectivity index (χ1v) is 4.34. The lowest BCUT2D eigenvalue weighted by Crippen LogP contribution is -2.14. The Morgan fingerprint density at radius 1 is 1.33 bits per heavy atom. The Hall–Kier alpha value is -0.920. The Labute approximate surface area is 89.4 Å². The van der Waals surface area contributed by atoms with E-state index < -0.39 is 29.5 Å². The normalized spacial score (nSPS) is 12.2. The molecule has 1 rings (SSSR count). The van der Waals surface area contributed by atoms with Crippen LogP contribution in [0.5, 0.6) is 0 Å². The van der Waals surface area contributed by atoms with Crippen molar-refractivity contribution >= 4 is 21.7 Å². The molecule has 84 valence electrons. The summed E-state index contributed by atoms with van der Waals surface area (Å²) >= 11 is 2.69. The molecule has 0 atom stereocenters. The van der Waals surface area contributed by atoms with E-state index in [0.29, 0.717) is 6.07 Å². The summed E-state index contributed by atoms with van der Waals surface area (Å²) in [6.45, 7) is 0. The van der Waals surface area contributed by atoms with Crippen molar-refractivity contribution in [1.82, 2.24) is 4.98 Å². The topological polar surface area (TPSA) is 38.9 Å². The summed E-state index contributed by atoms with van der Waals surface area (Å²) in [6.07, 6.45) is -8.20. The number of nitrogens with two attached hydrogens (primary N) is 1. The maximum Gasteiger partial charge on any atom is 0.420 e. The van der Waals surface area contributed by atoms with Gasteiger partial charge in [0, 0.05) is 5.56 Å². The highest BCUT2D eigenvalue weighted by molar-refractivity contribution is 9.10. The molecule has 0 bridgehead atoms. The summed E-state index contributed by atoms with van der Waals surface area (Å²) in [5.41, 5.74) is 2.19. The van der Waals surface area contributed by atoms with Crippen molar-refractivity contribution in [3.05, 3.63) is 21.8 Å². The molecule has 0 saturated heterocycles. The highest BCUT2D eigenvalue weighted by Gasteiger charge is 2.39. The molecule has 0 aliphatic carbocycles. The van der Waals surface area contributed by atoms with Crippen molar-refractivity contribution in [2.75, 3.05) is 5.73 Å². The zero-order valence-corrected chi connectivity index (χ0v) is 8.53. The summed E-state index contributed by atoms with van der Waals surface area (Å²) in [4.78, 5) is 3.22.